The van der Waals surface area contributed by atoms with Gasteiger partial charge in [-0.15, -0.1) is 0 Å². The van der Waals surface area contributed by atoms with Gasteiger partial charge in [-0.25, -0.2) is 9.97 Å². The molecule has 2 saturated heterocycles. The highest BCUT2D eigenvalue weighted by molar-refractivity contribution is 5.77. The van der Waals surface area contributed by atoms with Gasteiger partial charge in [-0.2, -0.15) is 0 Å². The number of nitrogens with one attached hydrogen (secondary N) is 1. The Balaban J connectivity index is 1.50. The van der Waals surface area contributed by atoms with Gasteiger partial charge in [0.05, 0.1) is 18.8 Å². The van der Waals surface area contributed by atoms with E-state index in [-0.39, 0.29) is 12.0 Å². The van der Waals surface area contributed by atoms with E-state index in [1.807, 2.05) is 6.07 Å². The number of aromatic nitrogens is 2. The molecular weight excluding hydrogens is 268 g/mol. The van der Waals surface area contributed by atoms with Crippen LogP contribution in [0.2, 0.25) is 0 Å². The molecule has 2 aliphatic rings. The number of amides is 1. The zero-order valence-corrected chi connectivity index (χ0v) is 12.3. The fourth-order valence-corrected chi connectivity index (χ4v) is 2.84. The molecule has 114 valence electrons. The van der Waals surface area contributed by atoms with E-state index in [1.165, 1.54) is 12.8 Å². The summed E-state index contributed by atoms with van der Waals surface area (Å²) in [4.78, 5) is 22.8. The van der Waals surface area contributed by atoms with E-state index >= 15 is 0 Å². The van der Waals surface area contributed by atoms with Crippen molar-refractivity contribution in [1.82, 2.24) is 20.2 Å². The second kappa shape index (κ2) is 6.95. The van der Waals surface area contributed by atoms with E-state index in [0.29, 0.717) is 13.1 Å². The molecule has 21 heavy (non-hydrogen) atoms. The van der Waals surface area contributed by atoms with E-state index in [1.54, 1.807) is 6.20 Å². The van der Waals surface area contributed by atoms with Crippen molar-refractivity contribution in [3.8, 4) is 0 Å². The lowest BCUT2D eigenvalue weighted by Crippen LogP contribution is -2.35. The molecule has 1 aromatic rings. The summed E-state index contributed by atoms with van der Waals surface area (Å²) in [6, 6.07) is 1.84. The summed E-state index contributed by atoms with van der Waals surface area (Å²) in [5.74, 6) is 0.799. The van der Waals surface area contributed by atoms with E-state index in [0.717, 1.165) is 44.1 Å². The molecular formula is C15H22N4O2. The molecule has 6 heteroatoms. The minimum Gasteiger partial charge on any atom is -0.370 e. The highest BCUT2D eigenvalue weighted by Gasteiger charge is 2.20. The van der Waals surface area contributed by atoms with Crippen LogP contribution in [0.1, 0.15) is 43.3 Å². The first kappa shape index (κ1) is 14.4. The number of ether oxygens (including phenoxy) is 1. The molecule has 1 aromatic heterocycles. The van der Waals surface area contributed by atoms with Crippen molar-refractivity contribution in [3.63, 3.8) is 0 Å². The molecule has 0 spiro atoms. The normalized spacial score (nSPS) is 22.6. The molecule has 0 unspecified atom stereocenters. The van der Waals surface area contributed by atoms with Crippen LogP contribution in [-0.4, -0.2) is 47.0 Å². The van der Waals surface area contributed by atoms with E-state index < -0.39 is 0 Å². The zero-order valence-electron chi connectivity index (χ0n) is 12.3. The Morgan fingerprint density at radius 3 is 3.00 bits per heavy atom. The Morgan fingerprint density at radius 2 is 2.24 bits per heavy atom. The monoisotopic (exact) mass is 290 g/mol. The van der Waals surface area contributed by atoms with Gasteiger partial charge in [-0.1, -0.05) is 0 Å². The van der Waals surface area contributed by atoms with Gasteiger partial charge in [-0.3, -0.25) is 9.69 Å². The molecule has 1 atom stereocenters. The SMILES string of the molecule is O=C(CN1CCCC1)NCc1ccnc([C@@H]2CCCO2)n1. The van der Waals surface area contributed by atoms with Crippen molar-refractivity contribution in [1.29, 1.82) is 0 Å². The minimum atomic E-state index is 0.0188. The van der Waals surface area contributed by atoms with Crippen LogP contribution in [0.25, 0.3) is 0 Å². The van der Waals surface area contributed by atoms with Crippen LogP contribution in [0.4, 0.5) is 0 Å². The summed E-state index contributed by atoms with van der Waals surface area (Å²) in [5.41, 5.74) is 0.838. The molecule has 1 amide bonds. The maximum absolute atomic E-state index is 11.9. The summed E-state index contributed by atoms with van der Waals surface area (Å²) >= 11 is 0. The molecule has 2 fully saturated rings. The highest BCUT2D eigenvalue weighted by atomic mass is 16.5. The maximum atomic E-state index is 11.9. The molecule has 3 rings (SSSR count). The predicted molar refractivity (Wildman–Crippen MR) is 77.5 cm³/mol. The fourth-order valence-electron chi connectivity index (χ4n) is 2.84. The summed E-state index contributed by atoms with van der Waals surface area (Å²) in [6.07, 6.45) is 6.19. The van der Waals surface area contributed by atoms with Crippen LogP contribution in [0, 0.1) is 0 Å². The third-order valence-corrected chi connectivity index (χ3v) is 3.98. The standard InChI is InChI=1S/C15H22N4O2/c20-14(11-19-7-1-2-8-19)17-10-12-5-6-16-15(18-12)13-4-3-9-21-13/h5-6,13H,1-4,7-11H2,(H,17,20)/t13-/m0/s1. The number of carbonyl (C=O) groups excluding carboxylic acids is 1. The van der Waals surface area contributed by atoms with Crippen molar-refractivity contribution in [3.05, 3.63) is 23.8 Å². The molecule has 3 heterocycles. The molecule has 2 aliphatic heterocycles. The van der Waals surface area contributed by atoms with Gasteiger partial charge in [0.1, 0.15) is 6.10 Å². The van der Waals surface area contributed by atoms with Crippen LogP contribution >= 0.6 is 0 Å². The average molecular weight is 290 g/mol. The fraction of sp³-hybridized carbons (Fsp3) is 0.667. The second-order valence-electron chi connectivity index (χ2n) is 5.67. The molecule has 6 nitrogen and oxygen atoms in total. The van der Waals surface area contributed by atoms with Gasteiger partial charge in [0.25, 0.3) is 0 Å². The molecule has 0 saturated carbocycles. The summed E-state index contributed by atoms with van der Waals surface area (Å²) in [7, 11) is 0. The number of hydrogen-bond acceptors (Lipinski definition) is 5. The Kier molecular flexibility index (Phi) is 4.77. The first-order valence-corrected chi connectivity index (χ1v) is 7.74. The Bertz CT molecular complexity index is 482. The summed E-state index contributed by atoms with van der Waals surface area (Å²) < 4.78 is 5.59. The van der Waals surface area contributed by atoms with E-state index in [4.69, 9.17) is 4.74 Å². The third kappa shape index (κ3) is 3.98. The van der Waals surface area contributed by atoms with Gasteiger partial charge in [-0.05, 0) is 44.8 Å². The topological polar surface area (TPSA) is 67.4 Å². The second-order valence-corrected chi connectivity index (χ2v) is 5.67. The molecule has 1 N–H and O–H groups in total. The lowest BCUT2D eigenvalue weighted by molar-refractivity contribution is -0.122. The third-order valence-electron chi connectivity index (χ3n) is 3.98. The predicted octanol–water partition coefficient (Wildman–Crippen LogP) is 1.04. The molecule has 0 aromatic carbocycles. The summed E-state index contributed by atoms with van der Waals surface area (Å²) in [5, 5.41) is 2.93. The Labute approximate surface area is 124 Å². The summed E-state index contributed by atoms with van der Waals surface area (Å²) in [6.45, 7) is 3.79. The largest absolute Gasteiger partial charge is 0.370 e. The Morgan fingerprint density at radius 1 is 1.38 bits per heavy atom. The quantitative estimate of drug-likeness (QED) is 0.877. The van der Waals surface area contributed by atoms with Gasteiger partial charge in [0.15, 0.2) is 5.82 Å². The zero-order chi connectivity index (χ0) is 14.5. The van der Waals surface area contributed by atoms with Crippen molar-refractivity contribution in [2.24, 2.45) is 0 Å². The van der Waals surface area contributed by atoms with Gasteiger partial charge in [0, 0.05) is 12.8 Å². The highest BCUT2D eigenvalue weighted by Crippen LogP contribution is 2.25. The number of hydrogen-bond donors (Lipinski definition) is 1. The number of likely N-dealkylation sites (tertiary alicyclic amines) is 1. The van der Waals surface area contributed by atoms with Crippen molar-refractivity contribution in [2.75, 3.05) is 26.2 Å². The molecule has 0 bridgehead atoms. The minimum absolute atomic E-state index is 0.0188. The number of carbonyl (C=O) groups is 1. The van der Waals surface area contributed by atoms with Gasteiger partial charge < -0.3 is 10.1 Å². The molecule has 0 radical (unpaired) electrons. The molecule has 0 aliphatic carbocycles. The smallest absolute Gasteiger partial charge is 0.234 e. The van der Waals surface area contributed by atoms with Crippen LogP contribution < -0.4 is 5.32 Å². The first-order valence-electron chi connectivity index (χ1n) is 7.74. The first-order chi connectivity index (χ1) is 10.3. The van der Waals surface area contributed by atoms with Crippen LogP contribution in [0.3, 0.4) is 0 Å². The van der Waals surface area contributed by atoms with Crippen LogP contribution in [0.15, 0.2) is 12.3 Å². The van der Waals surface area contributed by atoms with Crippen LogP contribution in [0.5, 0.6) is 0 Å². The van der Waals surface area contributed by atoms with Crippen molar-refractivity contribution >= 4 is 5.91 Å². The van der Waals surface area contributed by atoms with E-state index in [2.05, 4.69) is 20.2 Å². The van der Waals surface area contributed by atoms with Crippen molar-refractivity contribution < 1.29 is 9.53 Å². The van der Waals surface area contributed by atoms with Crippen molar-refractivity contribution in [2.45, 2.75) is 38.3 Å². The number of nitrogens with zero attached hydrogens (tertiary/aromatic N) is 3. The van der Waals surface area contributed by atoms with E-state index in [9.17, 15) is 4.79 Å². The lowest BCUT2D eigenvalue weighted by Gasteiger charge is -2.14. The van der Waals surface area contributed by atoms with Crippen LogP contribution in [-0.2, 0) is 16.1 Å². The van der Waals surface area contributed by atoms with Gasteiger partial charge >= 0.3 is 0 Å². The average Bonchev–Trinajstić information content (AvgIpc) is 3.19. The Hall–Kier alpha value is -1.53. The lowest BCUT2D eigenvalue weighted by atomic mass is 10.2. The van der Waals surface area contributed by atoms with Gasteiger partial charge in [0.2, 0.25) is 5.91 Å². The number of rotatable bonds is 5. The maximum Gasteiger partial charge on any atom is 0.234 e.